The van der Waals surface area contributed by atoms with Gasteiger partial charge < -0.3 is 9.55 Å². The van der Waals surface area contributed by atoms with Crippen molar-refractivity contribution in [2.75, 3.05) is 0 Å². The van der Waals surface area contributed by atoms with Crippen molar-refractivity contribution >= 4 is 11.0 Å². The van der Waals surface area contributed by atoms with Crippen LogP contribution < -0.4 is 11.1 Å². The Labute approximate surface area is 218 Å². The summed E-state index contributed by atoms with van der Waals surface area (Å²) in [6.45, 7) is 2.46. The maximum Gasteiger partial charge on any atom is 0.277 e. The number of H-pyrrole nitrogens is 1. The molecule has 6 nitrogen and oxygen atoms in total. The molecule has 4 aliphatic rings. The smallest absolute Gasteiger partial charge is 0.277 e. The molecule has 1 N–H and O–H groups in total. The Morgan fingerprint density at radius 3 is 2.24 bits per heavy atom. The third kappa shape index (κ3) is 4.18. The number of benzene rings is 1. The highest BCUT2D eigenvalue weighted by Gasteiger charge is 2.46. The number of rotatable bonds is 3. The molecule has 4 bridgehead atoms. The number of pyridine rings is 1. The second-order valence-electron chi connectivity index (χ2n) is 12.5. The second-order valence-corrected chi connectivity index (χ2v) is 12.5. The van der Waals surface area contributed by atoms with Crippen LogP contribution in [0.3, 0.4) is 0 Å². The Morgan fingerprint density at radius 2 is 1.54 bits per heavy atom. The molecule has 2 aromatic heterocycles. The Morgan fingerprint density at radius 1 is 0.811 bits per heavy atom. The van der Waals surface area contributed by atoms with Gasteiger partial charge in [0, 0.05) is 42.0 Å². The lowest BCUT2D eigenvalue weighted by molar-refractivity contribution is -0.0524. The number of nitrogens with zero attached hydrogens (tertiary/aromatic N) is 3. The maximum absolute atomic E-state index is 14.0. The molecule has 2 saturated heterocycles. The van der Waals surface area contributed by atoms with Gasteiger partial charge in [-0.05, 0) is 93.7 Å². The molecule has 0 spiro atoms. The van der Waals surface area contributed by atoms with E-state index in [-0.39, 0.29) is 17.2 Å². The Bertz CT molecular complexity index is 1370. The number of aromatic nitrogens is 3. The van der Waals surface area contributed by atoms with Gasteiger partial charge in [-0.15, -0.1) is 0 Å². The van der Waals surface area contributed by atoms with Gasteiger partial charge in [0.05, 0.1) is 11.0 Å². The van der Waals surface area contributed by atoms with Crippen molar-refractivity contribution in [3.05, 3.63) is 63.3 Å². The molecule has 7 atom stereocenters. The fourth-order valence-electron chi connectivity index (χ4n) is 8.85. The second kappa shape index (κ2) is 9.23. The average Bonchev–Trinajstić information content (AvgIpc) is 2.87. The summed E-state index contributed by atoms with van der Waals surface area (Å²) in [5.41, 5.74) is 2.65. The van der Waals surface area contributed by atoms with E-state index in [1.165, 1.54) is 57.4 Å². The van der Waals surface area contributed by atoms with Gasteiger partial charge in [0.2, 0.25) is 5.56 Å². The van der Waals surface area contributed by atoms with Crippen molar-refractivity contribution in [1.29, 1.82) is 0 Å². The SMILES string of the molecule is C[C@@H]1C[C@@H]2C[C@H](C1)C[C@@H](N1[C@@H]3CCC[C@H]1C[C@@H](n1c(=O)c(-c4ccc(=O)[nH]c4)nc4ccccc41)C3)C2. The van der Waals surface area contributed by atoms with E-state index >= 15 is 0 Å². The summed E-state index contributed by atoms with van der Waals surface area (Å²) in [5, 5.41) is 0. The summed E-state index contributed by atoms with van der Waals surface area (Å²) in [7, 11) is 0. The van der Waals surface area contributed by atoms with Crippen LogP contribution in [0.15, 0.2) is 52.2 Å². The Balaban J connectivity index is 1.24. The van der Waals surface area contributed by atoms with Crippen molar-refractivity contribution < 1.29 is 0 Å². The predicted molar refractivity (Wildman–Crippen MR) is 147 cm³/mol. The summed E-state index contributed by atoms with van der Waals surface area (Å²) in [4.78, 5) is 36.1. The molecule has 0 radical (unpaired) electrons. The molecule has 37 heavy (non-hydrogen) atoms. The number of fused-ring (bicyclic) bond motifs is 5. The van der Waals surface area contributed by atoms with E-state index in [9.17, 15) is 9.59 Å². The largest absolute Gasteiger partial charge is 0.328 e. The summed E-state index contributed by atoms with van der Waals surface area (Å²) in [6, 6.07) is 13.3. The molecule has 2 saturated carbocycles. The summed E-state index contributed by atoms with van der Waals surface area (Å²) in [6.07, 6.45) is 14.6. The fraction of sp³-hybridized carbons (Fsp3) is 0.581. The number of para-hydroxylation sites is 2. The fourth-order valence-corrected chi connectivity index (χ4v) is 8.85. The van der Waals surface area contributed by atoms with Gasteiger partial charge in [-0.2, -0.15) is 0 Å². The average molecular weight is 499 g/mol. The van der Waals surface area contributed by atoms with Crippen molar-refractivity contribution in [3.63, 3.8) is 0 Å². The molecule has 0 amide bonds. The zero-order valence-electron chi connectivity index (χ0n) is 21.8. The quantitative estimate of drug-likeness (QED) is 0.516. The number of aromatic amines is 1. The van der Waals surface area contributed by atoms with E-state index in [1.54, 1.807) is 12.3 Å². The van der Waals surface area contributed by atoms with Gasteiger partial charge in [-0.3, -0.25) is 14.5 Å². The zero-order chi connectivity index (χ0) is 25.1. The standard InChI is InChI=1S/C31H38N4O2/c1-19-11-20-13-21(12-19)15-25(14-20)34-23-5-4-6-24(34)17-26(16-23)35-28-8-3-2-7-27(28)33-30(31(35)37)22-9-10-29(36)32-18-22/h2-3,7-10,18-21,23-26H,4-6,11-17H2,1H3,(H,32,36)/t19-,20-,21+,23-,24+,25+,26+. The van der Waals surface area contributed by atoms with Gasteiger partial charge in [-0.25, -0.2) is 4.98 Å². The summed E-state index contributed by atoms with van der Waals surface area (Å²) >= 11 is 0. The van der Waals surface area contributed by atoms with Crippen LogP contribution in [0.1, 0.15) is 77.2 Å². The number of hydrogen-bond acceptors (Lipinski definition) is 4. The minimum Gasteiger partial charge on any atom is -0.328 e. The van der Waals surface area contributed by atoms with Crippen LogP contribution in [0, 0.1) is 17.8 Å². The van der Waals surface area contributed by atoms with Crippen molar-refractivity contribution in [1.82, 2.24) is 19.4 Å². The van der Waals surface area contributed by atoms with Crippen LogP contribution in [-0.2, 0) is 0 Å². The van der Waals surface area contributed by atoms with E-state index < -0.39 is 0 Å². The van der Waals surface area contributed by atoms with E-state index in [0.717, 1.165) is 47.7 Å². The molecule has 1 aromatic carbocycles. The lowest BCUT2D eigenvalue weighted by Crippen LogP contribution is -2.58. The normalized spacial score (nSPS) is 33.9. The van der Waals surface area contributed by atoms with Crippen molar-refractivity contribution in [3.8, 4) is 11.3 Å². The van der Waals surface area contributed by atoms with Crippen molar-refractivity contribution in [2.45, 2.75) is 95.3 Å². The van der Waals surface area contributed by atoms with Crippen LogP contribution in [0.2, 0.25) is 0 Å². The maximum atomic E-state index is 14.0. The third-order valence-corrected chi connectivity index (χ3v) is 9.99. The highest BCUT2D eigenvalue weighted by Crippen LogP contribution is 2.48. The van der Waals surface area contributed by atoms with Crippen LogP contribution in [0.4, 0.5) is 0 Å². The number of hydrogen-bond donors (Lipinski definition) is 1. The zero-order valence-corrected chi connectivity index (χ0v) is 21.8. The monoisotopic (exact) mass is 498 g/mol. The predicted octanol–water partition coefficient (Wildman–Crippen LogP) is 5.52. The van der Waals surface area contributed by atoms with Gasteiger partial charge >= 0.3 is 0 Å². The number of nitrogens with one attached hydrogen (secondary N) is 1. The minimum atomic E-state index is -0.175. The first kappa shape index (κ1) is 23.4. The minimum absolute atomic E-state index is 0.0385. The molecule has 4 heterocycles. The Kier molecular flexibility index (Phi) is 5.83. The third-order valence-electron chi connectivity index (χ3n) is 9.99. The molecule has 4 fully saturated rings. The molecule has 6 heteroatoms. The first-order valence-corrected chi connectivity index (χ1v) is 14.5. The molecule has 0 unspecified atom stereocenters. The topological polar surface area (TPSA) is 71.0 Å². The Hall–Kier alpha value is -2.73. The van der Waals surface area contributed by atoms with Crippen LogP contribution >= 0.6 is 0 Å². The molecule has 2 aliphatic heterocycles. The molecular weight excluding hydrogens is 460 g/mol. The molecule has 194 valence electrons. The highest BCUT2D eigenvalue weighted by atomic mass is 16.1. The van der Waals surface area contributed by atoms with Gasteiger partial charge in [-0.1, -0.05) is 25.5 Å². The summed E-state index contributed by atoms with van der Waals surface area (Å²) in [5.74, 6) is 2.73. The lowest BCUT2D eigenvalue weighted by atomic mass is 9.65. The first-order chi connectivity index (χ1) is 18.0. The summed E-state index contributed by atoms with van der Waals surface area (Å²) < 4.78 is 2.06. The highest BCUT2D eigenvalue weighted by molar-refractivity contribution is 5.77. The van der Waals surface area contributed by atoms with Gasteiger partial charge in [0.25, 0.3) is 5.56 Å². The van der Waals surface area contributed by atoms with E-state index in [1.807, 2.05) is 24.3 Å². The lowest BCUT2D eigenvalue weighted by Gasteiger charge is -2.55. The van der Waals surface area contributed by atoms with Gasteiger partial charge in [0.1, 0.15) is 5.69 Å². The molecule has 2 aliphatic carbocycles. The molecular formula is C31H38N4O2. The molecule has 7 rings (SSSR count). The van der Waals surface area contributed by atoms with Crippen molar-refractivity contribution in [2.24, 2.45) is 17.8 Å². The van der Waals surface area contributed by atoms with Crippen LogP contribution in [-0.4, -0.2) is 37.6 Å². The van der Waals surface area contributed by atoms with E-state index in [0.29, 0.717) is 23.3 Å². The van der Waals surface area contributed by atoms with Crippen LogP contribution in [0.25, 0.3) is 22.3 Å². The van der Waals surface area contributed by atoms with E-state index in [2.05, 4.69) is 21.4 Å². The molecule has 3 aromatic rings. The number of piperidine rings is 2. The first-order valence-electron chi connectivity index (χ1n) is 14.5. The van der Waals surface area contributed by atoms with E-state index in [4.69, 9.17) is 4.98 Å². The van der Waals surface area contributed by atoms with Crippen LogP contribution in [0.5, 0.6) is 0 Å². The van der Waals surface area contributed by atoms with Gasteiger partial charge in [0.15, 0.2) is 0 Å².